The van der Waals surface area contributed by atoms with E-state index in [1.807, 2.05) is 19.1 Å². The molecule has 0 N–H and O–H groups in total. The highest BCUT2D eigenvalue weighted by Crippen LogP contribution is 2.34. The zero-order valence-electron chi connectivity index (χ0n) is 15.9. The van der Waals surface area contributed by atoms with Gasteiger partial charge in [-0.1, -0.05) is 0 Å². The Labute approximate surface area is 160 Å². The van der Waals surface area contributed by atoms with Gasteiger partial charge in [0.1, 0.15) is 5.75 Å². The first-order valence-corrected chi connectivity index (χ1v) is 8.72. The number of ether oxygens (including phenoxy) is 1. The molecule has 0 fully saturated rings. The largest absolute Gasteiger partial charge is 0.497 e. The molecule has 3 heterocycles. The highest BCUT2D eigenvalue weighted by molar-refractivity contribution is 5.86. The summed E-state index contributed by atoms with van der Waals surface area (Å²) in [6.07, 6.45) is -0.867. The summed E-state index contributed by atoms with van der Waals surface area (Å²) >= 11 is 0. The van der Waals surface area contributed by atoms with E-state index in [-0.39, 0.29) is 5.56 Å². The summed E-state index contributed by atoms with van der Waals surface area (Å²) in [5.74, 6) is 0.699. The number of methoxy groups -OCH3 is 1. The van der Waals surface area contributed by atoms with Gasteiger partial charge in [-0.25, -0.2) is 18.4 Å². The lowest BCUT2D eigenvalue weighted by Crippen LogP contribution is -2.00. The first-order chi connectivity index (χ1) is 13.4. The molecule has 0 aliphatic heterocycles. The van der Waals surface area contributed by atoms with Crippen LogP contribution in [0.2, 0.25) is 0 Å². The number of aryl methyl sites for hydroxylation is 3. The Morgan fingerprint density at radius 1 is 1.04 bits per heavy atom. The molecule has 0 aliphatic rings. The molecule has 0 amide bonds. The molecule has 0 spiro atoms. The Bertz CT molecular complexity index is 1160. The number of halogens is 2. The van der Waals surface area contributed by atoms with Crippen molar-refractivity contribution in [2.45, 2.75) is 20.3 Å². The van der Waals surface area contributed by atoms with Crippen molar-refractivity contribution >= 4 is 11.0 Å². The van der Waals surface area contributed by atoms with Gasteiger partial charge < -0.3 is 4.74 Å². The summed E-state index contributed by atoms with van der Waals surface area (Å²) in [4.78, 5) is 4.68. The van der Waals surface area contributed by atoms with Crippen LogP contribution >= 0.6 is 0 Å². The second-order valence-corrected chi connectivity index (χ2v) is 6.59. The number of hydrogen-bond donors (Lipinski definition) is 0. The Morgan fingerprint density at radius 2 is 1.75 bits per heavy atom. The SMILES string of the molecule is COc1ccc(-n2nc(C)c3c(C(F)F)cc(-c4cn(C)nc4C)nc32)cc1. The molecule has 0 aliphatic carbocycles. The number of aromatic nitrogens is 5. The van der Waals surface area contributed by atoms with Crippen LogP contribution in [0.15, 0.2) is 36.5 Å². The molecule has 28 heavy (non-hydrogen) atoms. The molecule has 1 aromatic carbocycles. The van der Waals surface area contributed by atoms with E-state index in [0.29, 0.717) is 39.4 Å². The van der Waals surface area contributed by atoms with Crippen LogP contribution in [0.5, 0.6) is 5.75 Å². The van der Waals surface area contributed by atoms with E-state index < -0.39 is 6.43 Å². The molecule has 6 nitrogen and oxygen atoms in total. The topological polar surface area (TPSA) is 57.8 Å². The summed E-state index contributed by atoms with van der Waals surface area (Å²) in [7, 11) is 3.37. The molecular weight excluding hydrogens is 364 g/mol. The van der Waals surface area contributed by atoms with Crippen molar-refractivity contribution in [2.75, 3.05) is 7.11 Å². The molecule has 0 saturated carbocycles. The minimum atomic E-state index is -2.64. The van der Waals surface area contributed by atoms with Crippen LogP contribution in [-0.2, 0) is 7.05 Å². The highest BCUT2D eigenvalue weighted by Gasteiger charge is 2.22. The van der Waals surface area contributed by atoms with E-state index in [9.17, 15) is 8.78 Å². The van der Waals surface area contributed by atoms with Crippen LogP contribution in [0, 0.1) is 13.8 Å². The maximum atomic E-state index is 13.9. The molecule has 0 saturated heterocycles. The maximum Gasteiger partial charge on any atom is 0.264 e. The summed E-state index contributed by atoms with van der Waals surface area (Å²) in [5, 5.41) is 9.15. The van der Waals surface area contributed by atoms with E-state index in [1.54, 1.807) is 48.8 Å². The normalized spacial score (nSPS) is 11.5. The van der Waals surface area contributed by atoms with Gasteiger partial charge in [-0.05, 0) is 44.2 Å². The molecule has 4 aromatic rings. The van der Waals surface area contributed by atoms with Crippen molar-refractivity contribution in [3.05, 3.63) is 53.5 Å². The fraction of sp³-hybridized carbons (Fsp3) is 0.250. The number of nitrogens with zero attached hydrogens (tertiary/aromatic N) is 5. The monoisotopic (exact) mass is 383 g/mol. The predicted octanol–water partition coefficient (Wildman–Crippen LogP) is 4.38. The van der Waals surface area contributed by atoms with Crippen LogP contribution in [0.1, 0.15) is 23.4 Å². The van der Waals surface area contributed by atoms with Gasteiger partial charge in [0.2, 0.25) is 0 Å². The van der Waals surface area contributed by atoms with Gasteiger partial charge in [-0.15, -0.1) is 0 Å². The standard InChI is InChI=1S/C20H19F2N5O/c1-11-16(10-26(3)24-11)17-9-15(19(21)22)18-12(2)25-27(20(18)23-17)13-5-7-14(28-4)8-6-13/h5-10,19H,1-4H3. The quantitative estimate of drug-likeness (QED) is 0.525. The lowest BCUT2D eigenvalue weighted by molar-refractivity contribution is 0.153. The maximum absolute atomic E-state index is 13.9. The average Bonchev–Trinajstić information content (AvgIpc) is 3.19. The predicted molar refractivity (Wildman–Crippen MR) is 102 cm³/mol. The molecule has 4 rings (SSSR count). The number of fused-ring (bicyclic) bond motifs is 1. The molecule has 8 heteroatoms. The molecule has 0 atom stereocenters. The molecule has 3 aromatic heterocycles. The van der Waals surface area contributed by atoms with Crippen molar-refractivity contribution in [1.29, 1.82) is 0 Å². The third kappa shape index (κ3) is 2.90. The van der Waals surface area contributed by atoms with Crippen molar-refractivity contribution < 1.29 is 13.5 Å². The fourth-order valence-electron chi connectivity index (χ4n) is 3.39. The van der Waals surface area contributed by atoms with E-state index >= 15 is 0 Å². The fourth-order valence-corrected chi connectivity index (χ4v) is 3.39. The van der Waals surface area contributed by atoms with Gasteiger partial charge >= 0.3 is 0 Å². The third-order valence-corrected chi connectivity index (χ3v) is 4.68. The van der Waals surface area contributed by atoms with Crippen LogP contribution < -0.4 is 4.74 Å². The Morgan fingerprint density at radius 3 is 2.32 bits per heavy atom. The van der Waals surface area contributed by atoms with Gasteiger partial charge in [-0.2, -0.15) is 10.2 Å². The van der Waals surface area contributed by atoms with E-state index in [0.717, 1.165) is 5.69 Å². The summed E-state index contributed by atoms with van der Waals surface area (Å²) in [6.45, 7) is 3.54. The summed E-state index contributed by atoms with van der Waals surface area (Å²) < 4.78 is 36.2. The van der Waals surface area contributed by atoms with Gasteiger partial charge in [0.25, 0.3) is 6.43 Å². The van der Waals surface area contributed by atoms with Crippen molar-refractivity contribution in [3.63, 3.8) is 0 Å². The second kappa shape index (κ2) is 6.70. The minimum Gasteiger partial charge on any atom is -0.497 e. The molecule has 144 valence electrons. The minimum absolute atomic E-state index is 0.0829. The number of pyridine rings is 1. The average molecular weight is 383 g/mol. The van der Waals surface area contributed by atoms with Crippen LogP contribution in [0.4, 0.5) is 8.78 Å². The molecule has 0 radical (unpaired) electrons. The zero-order valence-corrected chi connectivity index (χ0v) is 15.9. The van der Waals surface area contributed by atoms with Crippen LogP contribution in [-0.4, -0.2) is 31.7 Å². The Kier molecular flexibility index (Phi) is 4.33. The van der Waals surface area contributed by atoms with Gasteiger partial charge in [0.15, 0.2) is 5.65 Å². The number of hydrogen-bond acceptors (Lipinski definition) is 4. The Balaban J connectivity index is 2.00. The van der Waals surface area contributed by atoms with Crippen molar-refractivity contribution in [2.24, 2.45) is 7.05 Å². The van der Waals surface area contributed by atoms with Crippen LogP contribution in [0.25, 0.3) is 28.0 Å². The van der Waals surface area contributed by atoms with Crippen LogP contribution in [0.3, 0.4) is 0 Å². The smallest absolute Gasteiger partial charge is 0.264 e. The molecule has 0 bridgehead atoms. The zero-order chi connectivity index (χ0) is 20.0. The first-order valence-electron chi connectivity index (χ1n) is 8.72. The molecular formula is C20H19F2N5O. The van der Waals surface area contributed by atoms with Gasteiger partial charge in [0, 0.05) is 24.4 Å². The van der Waals surface area contributed by atoms with Gasteiger partial charge in [-0.3, -0.25) is 4.68 Å². The lowest BCUT2D eigenvalue weighted by atomic mass is 10.1. The lowest BCUT2D eigenvalue weighted by Gasteiger charge is -2.09. The van der Waals surface area contributed by atoms with Gasteiger partial charge in [0.05, 0.1) is 35.3 Å². The summed E-state index contributed by atoms with van der Waals surface area (Å²) in [6, 6.07) is 8.65. The highest BCUT2D eigenvalue weighted by atomic mass is 19.3. The van der Waals surface area contributed by atoms with E-state index in [1.165, 1.54) is 6.07 Å². The van der Waals surface area contributed by atoms with E-state index in [2.05, 4.69) is 15.2 Å². The Hall–Kier alpha value is -3.29. The van der Waals surface area contributed by atoms with Crippen molar-refractivity contribution in [3.8, 4) is 22.7 Å². The van der Waals surface area contributed by atoms with E-state index in [4.69, 9.17) is 4.74 Å². The number of alkyl halides is 2. The first kappa shape index (κ1) is 18.1. The van der Waals surface area contributed by atoms with Crippen molar-refractivity contribution in [1.82, 2.24) is 24.5 Å². The summed E-state index contributed by atoms with van der Waals surface area (Å²) in [5.41, 5.74) is 3.41. The molecule has 0 unspecified atom stereocenters. The second-order valence-electron chi connectivity index (χ2n) is 6.59. The number of benzene rings is 1. The third-order valence-electron chi connectivity index (χ3n) is 4.68. The number of rotatable bonds is 4.